The SMILES string of the molecule is C=CC1=C(C=C)C(=O)N(NC(=O)C(Nc2ccc(C(=N)N)cc2)c2ccc(OCC)c(OCC)c2)C1=O. The summed E-state index contributed by atoms with van der Waals surface area (Å²) in [6.07, 6.45) is 2.49. The molecule has 1 atom stereocenters. The largest absolute Gasteiger partial charge is 0.490 e. The minimum Gasteiger partial charge on any atom is -0.490 e. The van der Waals surface area contributed by atoms with Crippen molar-refractivity contribution in [2.75, 3.05) is 18.5 Å². The fourth-order valence-corrected chi connectivity index (χ4v) is 3.69. The summed E-state index contributed by atoms with van der Waals surface area (Å²) in [5.41, 5.74) is 9.58. The number of anilines is 1. The zero-order valence-electron chi connectivity index (χ0n) is 20.7. The first kappa shape index (κ1) is 26.7. The Kier molecular flexibility index (Phi) is 8.47. The zero-order valence-corrected chi connectivity index (χ0v) is 20.7. The van der Waals surface area contributed by atoms with Crippen LogP contribution in [0, 0.1) is 5.41 Å². The Hall–Kier alpha value is -4.86. The third-order valence-corrected chi connectivity index (χ3v) is 5.46. The molecular formula is C27H29N5O5. The average Bonchev–Trinajstić information content (AvgIpc) is 3.12. The lowest BCUT2D eigenvalue weighted by Gasteiger charge is -2.24. The van der Waals surface area contributed by atoms with Crippen molar-refractivity contribution in [3.05, 3.63) is 90.0 Å². The van der Waals surface area contributed by atoms with Crippen LogP contribution >= 0.6 is 0 Å². The van der Waals surface area contributed by atoms with Gasteiger partial charge >= 0.3 is 0 Å². The van der Waals surface area contributed by atoms with Crippen LogP contribution in [0.15, 0.2) is 78.9 Å². The van der Waals surface area contributed by atoms with Crippen molar-refractivity contribution in [2.45, 2.75) is 19.9 Å². The number of nitrogens with one attached hydrogen (secondary N) is 3. The summed E-state index contributed by atoms with van der Waals surface area (Å²) in [6, 6.07) is 10.6. The van der Waals surface area contributed by atoms with Gasteiger partial charge in [0.1, 0.15) is 11.9 Å². The van der Waals surface area contributed by atoms with Crippen molar-refractivity contribution < 1.29 is 23.9 Å². The first-order valence-electron chi connectivity index (χ1n) is 11.5. The van der Waals surface area contributed by atoms with Crippen LogP contribution in [0.1, 0.15) is 31.0 Å². The lowest BCUT2D eigenvalue weighted by atomic mass is 10.0. The summed E-state index contributed by atoms with van der Waals surface area (Å²) in [4.78, 5) is 39.0. The van der Waals surface area contributed by atoms with Gasteiger partial charge < -0.3 is 20.5 Å². The van der Waals surface area contributed by atoms with Gasteiger partial charge in [0.05, 0.1) is 24.4 Å². The molecule has 2 aromatic rings. The first-order valence-corrected chi connectivity index (χ1v) is 11.5. The summed E-state index contributed by atoms with van der Waals surface area (Å²) in [5, 5.41) is 11.3. The normalized spacial score (nSPS) is 13.7. The van der Waals surface area contributed by atoms with E-state index in [0.29, 0.717) is 46.5 Å². The van der Waals surface area contributed by atoms with Crippen molar-refractivity contribution in [2.24, 2.45) is 5.73 Å². The number of carbonyl (C=O) groups is 3. The Balaban J connectivity index is 1.98. The number of benzene rings is 2. The van der Waals surface area contributed by atoms with E-state index in [1.54, 1.807) is 42.5 Å². The summed E-state index contributed by atoms with van der Waals surface area (Å²) in [6.45, 7) is 11.6. The van der Waals surface area contributed by atoms with Gasteiger partial charge in [-0.15, -0.1) is 0 Å². The lowest BCUT2D eigenvalue weighted by molar-refractivity contribution is -0.147. The maximum Gasteiger partial charge on any atom is 0.280 e. The van der Waals surface area contributed by atoms with Gasteiger partial charge in [-0.05, 0) is 55.8 Å². The Labute approximate surface area is 214 Å². The number of nitrogen functional groups attached to an aromatic ring is 1. The predicted molar refractivity (Wildman–Crippen MR) is 140 cm³/mol. The van der Waals surface area contributed by atoms with E-state index >= 15 is 0 Å². The number of rotatable bonds is 12. The molecule has 1 unspecified atom stereocenters. The minimum atomic E-state index is -1.06. The summed E-state index contributed by atoms with van der Waals surface area (Å²) in [5.74, 6) is -1.25. The molecule has 1 aliphatic rings. The molecule has 5 N–H and O–H groups in total. The molecule has 0 saturated carbocycles. The van der Waals surface area contributed by atoms with Gasteiger partial charge in [-0.3, -0.25) is 25.2 Å². The van der Waals surface area contributed by atoms with Crippen LogP contribution in [0.25, 0.3) is 0 Å². The number of ether oxygens (including phenoxy) is 2. The predicted octanol–water partition coefficient (Wildman–Crippen LogP) is 2.99. The molecule has 10 nitrogen and oxygen atoms in total. The van der Waals surface area contributed by atoms with Gasteiger partial charge in [-0.25, -0.2) is 0 Å². The molecular weight excluding hydrogens is 474 g/mol. The molecule has 0 radical (unpaired) electrons. The number of hydrogen-bond acceptors (Lipinski definition) is 7. The number of hydrogen-bond donors (Lipinski definition) is 4. The highest BCUT2D eigenvalue weighted by Crippen LogP contribution is 2.32. The lowest BCUT2D eigenvalue weighted by Crippen LogP contribution is -2.49. The van der Waals surface area contributed by atoms with E-state index in [1.807, 2.05) is 13.8 Å². The van der Waals surface area contributed by atoms with Crippen molar-refractivity contribution in [3.8, 4) is 11.5 Å². The molecule has 37 heavy (non-hydrogen) atoms. The van der Waals surface area contributed by atoms with Crippen molar-refractivity contribution in [3.63, 3.8) is 0 Å². The second-order valence-electron chi connectivity index (χ2n) is 7.80. The van der Waals surface area contributed by atoms with Crippen LogP contribution in [0.2, 0.25) is 0 Å². The van der Waals surface area contributed by atoms with Gasteiger partial charge in [-0.1, -0.05) is 31.4 Å². The van der Waals surface area contributed by atoms with E-state index in [1.165, 1.54) is 12.2 Å². The highest BCUT2D eigenvalue weighted by Gasteiger charge is 2.38. The Morgan fingerprint density at radius 1 is 1.00 bits per heavy atom. The van der Waals surface area contributed by atoms with Crippen LogP contribution in [-0.4, -0.2) is 41.8 Å². The molecule has 1 aliphatic heterocycles. The topological polar surface area (TPSA) is 147 Å². The monoisotopic (exact) mass is 503 g/mol. The highest BCUT2D eigenvalue weighted by atomic mass is 16.5. The Bertz CT molecular complexity index is 1250. The molecule has 0 aromatic heterocycles. The Morgan fingerprint density at radius 3 is 2.08 bits per heavy atom. The van der Waals surface area contributed by atoms with Gasteiger partial charge in [0.15, 0.2) is 11.5 Å². The molecule has 0 fully saturated rings. The van der Waals surface area contributed by atoms with Crippen molar-refractivity contribution >= 4 is 29.2 Å². The smallest absolute Gasteiger partial charge is 0.280 e. The van der Waals surface area contributed by atoms with E-state index in [2.05, 4.69) is 23.9 Å². The molecule has 0 saturated heterocycles. The van der Waals surface area contributed by atoms with Crippen LogP contribution in [0.3, 0.4) is 0 Å². The third kappa shape index (κ3) is 5.69. The third-order valence-electron chi connectivity index (χ3n) is 5.46. The number of carbonyl (C=O) groups excluding carboxylic acids is 3. The number of nitrogens with two attached hydrogens (primary N) is 1. The maximum atomic E-state index is 13.5. The van der Waals surface area contributed by atoms with Gasteiger partial charge in [0.2, 0.25) is 0 Å². The Morgan fingerprint density at radius 2 is 1.57 bits per heavy atom. The van der Waals surface area contributed by atoms with Crippen LogP contribution < -0.4 is 25.9 Å². The molecule has 0 spiro atoms. The van der Waals surface area contributed by atoms with E-state index in [4.69, 9.17) is 20.6 Å². The van der Waals surface area contributed by atoms with Crippen molar-refractivity contribution in [1.29, 1.82) is 5.41 Å². The summed E-state index contributed by atoms with van der Waals surface area (Å²) >= 11 is 0. The molecule has 1 heterocycles. The number of amides is 3. The summed E-state index contributed by atoms with van der Waals surface area (Å²) < 4.78 is 11.3. The van der Waals surface area contributed by atoms with E-state index in [9.17, 15) is 14.4 Å². The fraction of sp³-hybridized carbons (Fsp3) is 0.185. The quantitative estimate of drug-likeness (QED) is 0.198. The summed E-state index contributed by atoms with van der Waals surface area (Å²) in [7, 11) is 0. The molecule has 3 amide bonds. The first-order chi connectivity index (χ1) is 17.7. The standard InChI is InChI=1S/C27H29N5O5/c1-5-19-20(6-2)27(35)32(26(19)34)31-25(33)23(30-18-12-9-16(10-13-18)24(28)29)17-11-14-21(36-7-3)22(15-17)37-8-4/h5-6,9-15,23,30H,1-2,7-8H2,3-4H3,(H3,28,29)(H,31,33). The van der Waals surface area contributed by atoms with Crippen LogP contribution in [0.5, 0.6) is 11.5 Å². The van der Waals surface area contributed by atoms with E-state index < -0.39 is 23.8 Å². The zero-order chi connectivity index (χ0) is 27.1. The van der Waals surface area contributed by atoms with Crippen LogP contribution in [0.4, 0.5) is 5.69 Å². The highest BCUT2D eigenvalue weighted by molar-refractivity contribution is 6.22. The van der Waals surface area contributed by atoms with Crippen LogP contribution in [-0.2, 0) is 14.4 Å². The van der Waals surface area contributed by atoms with Gasteiger partial charge in [0, 0.05) is 11.3 Å². The molecule has 0 bridgehead atoms. The molecule has 3 rings (SSSR count). The fourth-order valence-electron chi connectivity index (χ4n) is 3.69. The number of imide groups is 1. The maximum absolute atomic E-state index is 13.5. The van der Waals surface area contributed by atoms with Gasteiger partial charge in [0.25, 0.3) is 17.7 Å². The number of hydrazine groups is 1. The minimum absolute atomic E-state index is 0.0457. The second kappa shape index (κ2) is 11.7. The van der Waals surface area contributed by atoms with Crippen molar-refractivity contribution in [1.82, 2.24) is 10.4 Å². The molecule has 2 aromatic carbocycles. The van der Waals surface area contributed by atoms with E-state index in [-0.39, 0.29) is 17.0 Å². The number of nitrogens with zero attached hydrogens (tertiary/aromatic N) is 1. The van der Waals surface area contributed by atoms with Gasteiger partial charge in [-0.2, -0.15) is 5.01 Å². The average molecular weight is 504 g/mol. The molecule has 0 aliphatic carbocycles. The molecule has 10 heteroatoms. The number of amidine groups is 1. The van der Waals surface area contributed by atoms with E-state index in [0.717, 1.165) is 0 Å². The molecule has 192 valence electrons. The second-order valence-corrected chi connectivity index (χ2v) is 7.80.